The van der Waals surface area contributed by atoms with Crippen LogP contribution < -0.4 is 10.1 Å². The van der Waals surface area contributed by atoms with Gasteiger partial charge in [-0.25, -0.2) is 14.8 Å². The topological polar surface area (TPSA) is 103 Å². The molecular weight excluding hydrogens is 472 g/mol. The van der Waals surface area contributed by atoms with E-state index in [1.54, 1.807) is 17.3 Å². The van der Waals surface area contributed by atoms with Gasteiger partial charge in [0.25, 0.3) is 0 Å². The Morgan fingerprint density at radius 3 is 2.38 bits per heavy atom. The van der Waals surface area contributed by atoms with Gasteiger partial charge < -0.3 is 24.4 Å². The van der Waals surface area contributed by atoms with Crippen LogP contribution in [0, 0.1) is 0 Å². The van der Waals surface area contributed by atoms with E-state index in [-0.39, 0.29) is 23.9 Å². The van der Waals surface area contributed by atoms with Crippen molar-refractivity contribution in [3.05, 3.63) is 41.7 Å². The smallest absolute Gasteiger partial charge is 0.410 e. The predicted octanol–water partition coefficient (Wildman–Crippen LogP) is 5.79. The van der Waals surface area contributed by atoms with Crippen LogP contribution in [0.25, 0.3) is 0 Å². The Labute approximate surface area is 219 Å². The number of nitrogens with zero attached hydrogens (tertiary/aromatic N) is 3. The molecule has 0 spiro atoms. The van der Waals surface area contributed by atoms with Crippen LogP contribution in [-0.4, -0.2) is 59.3 Å². The number of carbonyl (C=O) groups is 2. The summed E-state index contributed by atoms with van der Waals surface area (Å²) in [6.45, 7) is 11.4. The van der Waals surface area contributed by atoms with E-state index in [1.165, 1.54) is 7.11 Å². The van der Waals surface area contributed by atoms with Gasteiger partial charge in [0.05, 0.1) is 38.2 Å². The van der Waals surface area contributed by atoms with Crippen molar-refractivity contribution in [3.63, 3.8) is 0 Å². The first-order valence-corrected chi connectivity index (χ1v) is 13.0. The van der Waals surface area contributed by atoms with Gasteiger partial charge in [-0.05, 0) is 76.0 Å². The minimum atomic E-state index is -0.513. The van der Waals surface area contributed by atoms with E-state index in [0.717, 1.165) is 41.8 Å². The highest BCUT2D eigenvalue weighted by molar-refractivity contribution is 5.71. The largest absolute Gasteiger partial charge is 0.469 e. The van der Waals surface area contributed by atoms with Gasteiger partial charge in [-0.15, -0.1) is 0 Å². The van der Waals surface area contributed by atoms with Crippen molar-refractivity contribution in [1.82, 2.24) is 14.9 Å². The molecule has 9 heteroatoms. The number of anilines is 2. The Balaban J connectivity index is 1.84. The minimum Gasteiger partial charge on any atom is -0.469 e. The summed E-state index contributed by atoms with van der Waals surface area (Å²) in [4.78, 5) is 34.9. The van der Waals surface area contributed by atoms with E-state index in [4.69, 9.17) is 14.2 Å². The summed E-state index contributed by atoms with van der Waals surface area (Å²) in [5, 5.41) is 3.49. The molecular formula is C28H40N4O5. The number of hydrogen-bond acceptors (Lipinski definition) is 8. The number of piperidine rings is 1. The second-order valence-corrected chi connectivity index (χ2v) is 10.3. The zero-order valence-corrected chi connectivity index (χ0v) is 22.9. The third kappa shape index (κ3) is 8.06. The van der Waals surface area contributed by atoms with Crippen molar-refractivity contribution in [3.8, 4) is 6.01 Å². The van der Waals surface area contributed by atoms with Crippen LogP contribution in [0.2, 0.25) is 0 Å². The molecule has 9 nitrogen and oxygen atoms in total. The summed E-state index contributed by atoms with van der Waals surface area (Å²) in [7, 11) is 1.42. The number of methoxy groups -OCH3 is 1. The lowest BCUT2D eigenvalue weighted by Gasteiger charge is -2.34. The average Bonchev–Trinajstić information content (AvgIpc) is 2.87. The molecule has 1 aromatic carbocycles. The van der Waals surface area contributed by atoms with Crippen LogP contribution in [-0.2, 0) is 14.3 Å². The second kappa shape index (κ2) is 12.7. The molecule has 1 aliphatic heterocycles. The number of benzene rings is 1. The van der Waals surface area contributed by atoms with Crippen LogP contribution in [0.15, 0.2) is 30.6 Å². The highest BCUT2D eigenvalue weighted by Gasteiger charge is 2.29. The molecule has 1 amide bonds. The standard InChI is InChI=1S/C28H40N4O5/c1-7-19(16-25(33)35-6)21-9-10-23(20-11-13-32(14-12-20)27(34)37-28(3,4)5)24(15-21)31-22-17-29-26(30-18-22)36-8-2/h9-10,15,17-20,31H,7-8,11-14,16H2,1-6H3. The lowest BCUT2D eigenvalue weighted by molar-refractivity contribution is -0.141. The van der Waals surface area contributed by atoms with Crippen LogP contribution >= 0.6 is 0 Å². The molecule has 2 aromatic rings. The average molecular weight is 513 g/mol. The summed E-state index contributed by atoms with van der Waals surface area (Å²) in [6.07, 6.45) is 5.93. The van der Waals surface area contributed by atoms with E-state index >= 15 is 0 Å². The molecule has 1 aliphatic rings. The fourth-order valence-electron chi connectivity index (χ4n) is 4.51. The normalized spacial score (nSPS) is 15.1. The van der Waals surface area contributed by atoms with Gasteiger partial charge in [0.1, 0.15) is 5.60 Å². The summed E-state index contributed by atoms with van der Waals surface area (Å²) < 4.78 is 15.8. The van der Waals surface area contributed by atoms with Crippen molar-refractivity contribution in [2.24, 2.45) is 0 Å². The number of nitrogens with one attached hydrogen (secondary N) is 1. The molecule has 0 bridgehead atoms. The van der Waals surface area contributed by atoms with Crippen LogP contribution in [0.4, 0.5) is 16.2 Å². The van der Waals surface area contributed by atoms with Crippen LogP contribution in [0.1, 0.15) is 83.3 Å². The summed E-state index contributed by atoms with van der Waals surface area (Å²) >= 11 is 0. The van der Waals surface area contributed by atoms with Gasteiger partial charge in [-0.3, -0.25) is 4.79 Å². The Bertz CT molecular complexity index is 1040. The first-order valence-electron chi connectivity index (χ1n) is 13.0. The maximum Gasteiger partial charge on any atom is 0.410 e. The van der Waals surface area contributed by atoms with E-state index in [1.807, 2.05) is 27.7 Å². The lowest BCUT2D eigenvalue weighted by atomic mass is 9.85. The van der Waals surface area contributed by atoms with Gasteiger partial charge >= 0.3 is 18.1 Å². The molecule has 1 aromatic heterocycles. The molecule has 1 atom stereocenters. The molecule has 0 aliphatic carbocycles. The Morgan fingerprint density at radius 2 is 1.81 bits per heavy atom. The molecule has 1 unspecified atom stereocenters. The molecule has 3 rings (SSSR count). The molecule has 1 saturated heterocycles. The number of aromatic nitrogens is 2. The van der Waals surface area contributed by atoms with Gasteiger partial charge in [0.2, 0.25) is 0 Å². The molecule has 0 saturated carbocycles. The molecule has 0 radical (unpaired) electrons. The van der Waals surface area contributed by atoms with E-state index in [9.17, 15) is 9.59 Å². The molecule has 37 heavy (non-hydrogen) atoms. The van der Waals surface area contributed by atoms with Gasteiger partial charge in [0, 0.05) is 18.8 Å². The summed E-state index contributed by atoms with van der Waals surface area (Å²) in [5.74, 6) is 0.0899. The third-order valence-electron chi connectivity index (χ3n) is 6.45. The van der Waals surface area contributed by atoms with Gasteiger partial charge in [-0.1, -0.05) is 19.1 Å². The third-order valence-corrected chi connectivity index (χ3v) is 6.45. The molecule has 1 N–H and O–H groups in total. The van der Waals surface area contributed by atoms with E-state index < -0.39 is 5.60 Å². The first-order chi connectivity index (χ1) is 17.6. The monoisotopic (exact) mass is 512 g/mol. The Hall–Kier alpha value is -3.36. The maximum absolute atomic E-state index is 12.5. The predicted molar refractivity (Wildman–Crippen MR) is 142 cm³/mol. The highest BCUT2D eigenvalue weighted by atomic mass is 16.6. The summed E-state index contributed by atoms with van der Waals surface area (Å²) in [5.41, 5.74) is 3.41. The molecule has 1 fully saturated rings. The van der Waals surface area contributed by atoms with Crippen LogP contribution in [0.5, 0.6) is 6.01 Å². The van der Waals surface area contributed by atoms with E-state index in [2.05, 4.69) is 40.4 Å². The zero-order chi connectivity index (χ0) is 27.0. The number of hydrogen-bond donors (Lipinski definition) is 1. The Kier molecular flexibility index (Phi) is 9.72. The fraction of sp³-hybridized carbons (Fsp3) is 0.571. The zero-order valence-electron chi connectivity index (χ0n) is 22.9. The maximum atomic E-state index is 12.5. The fourth-order valence-corrected chi connectivity index (χ4v) is 4.51. The van der Waals surface area contributed by atoms with Crippen molar-refractivity contribution in [2.75, 3.05) is 32.1 Å². The SMILES string of the molecule is CCOc1ncc(Nc2cc(C(CC)CC(=O)OC)ccc2C2CCN(C(=O)OC(C)(C)C)CC2)cn1. The van der Waals surface area contributed by atoms with Crippen molar-refractivity contribution in [1.29, 1.82) is 0 Å². The second-order valence-electron chi connectivity index (χ2n) is 10.3. The number of ether oxygens (including phenoxy) is 3. The lowest BCUT2D eigenvalue weighted by Crippen LogP contribution is -2.41. The van der Waals surface area contributed by atoms with Crippen molar-refractivity contribution >= 4 is 23.4 Å². The molecule has 2 heterocycles. The van der Waals surface area contributed by atoms with Crippen molar-refractivity contribution in [2.45, 2.75) is 77.7 Å². The number of rotatable bonds is 9. The minimum absolute atomic E-state index is 0.0487. The van der Waals surface area contributed by atoms with Gasteiger partial charge in [-0.2, -0.15) is 0 Å². The summed E-state index contributed by atoms with van der Waals surface area (Å²) in [6, 6.07) is 6.69. The quantitative estimate of drug-likeness (QED) is 0.421. The van der Waals surface area contributed by atoms with E-state index in [0.29, 0.717) is 32.1 Å². The first kappa shape index (κ1) is 28.2. The number of amides is 1. The highest BCUT2D eigenvalue weighted by Crippen LogP contribution is 2.37. The van der Waals surface area contributed by atoms with Crippen LogP contribution in [0.3, 0.4) is 0 Å². The molecule has 202 valence electrons. The number of likely N-dealkylation sites (tertiary alicyclic amines) is 1. The Morgan fingerprint density at radius 1 is 1.14 bits per heavy atom. The van der Waals surface area contributed by atoms with Gasteiger partial charge in [0.15, 0.2) is 0 Å². The van der Waals surface area contributed by atoms with Crippen molar-refractivity contribution < 1.29 is 23.8 Å². The number of carbonyl (C=O) groups excluding carboxylic acids is 2. The number of esters is 1.